The van der Waals surface area contributed by atoms with Crippen molar-refractivity contribution in [3.05, 3.63) is 59.9 Å². The molecule has 0 spiro atoms. The summed E-state index contributed by atoms with van der Waals surface area (Å²) in [6.07, 6.45) is 0.807. The number of anilines is 1. The van der Waals surface area contributed by atoms with Crippen LogP contribution >= 0.6 is 0 Å². The number of benzene rings is 2. The first-order valence-corrected chi connectivity index (χ1v) is 7.97. The molecule has 2 N–H and O–H groups in total. The minimum Gasteiger partial charge on any atom is -0.497 e. The van der Waals surface area contributed by atoms with Crippen molar-refractivity contribution in [2.24, 2.45) is 0 Å². The molecule has 0 aromatic heterocycles. The number of ether oxygens (including phenoxy) is 1. The van der Waals surface area contributed by atoms with Crippen molar-refractivity contribution in [1.82, 2.24) is 5.32 Å². The Hall–Kier alpha value is -2.89. The highest BCUT2D eigenvalue weighted by Crippen LogP contribution is 2.13. The van der Waals surface area contributed by atoms with E-state index in [2.05, 4.69) is 10.6 Å². The van der Waals surface area contributed by atoms with Crippen molar-refractivity contribution in [2.45, 2.75) is 25.8 Å². The topological polar surface area (TPSA) is 67.4 Å². The molecule has 0 heterocycles. The Morgan fingerprint density at radius 3 is 2.44 bits per heavy atom. The Bertz CT molecular complexity index is 732. The summed E-state index contributed by atoms with van der Waals surface area (Å²) in [6.45, 7) is 1.56. The average molecular weight is 344 g/mol. The number of nitrogens with one attached hydrogen (secondary N) is 2. The molecule has 1 atom stereocenters. The van der Waals surface area contributed by atoms with Gasteiger partial charge in [0.05, 0.1) is 12.8 Å². The van der Waals surface area contributed by atoms with Crippen molar-refractivity contribution in [2.75, 3.05) is 12.4 Å². The zero-order valence-electron chi connectivity index (χ0n) is 14.2. The van der Waals surface area contributed by atoms with Crippen molar-refractivity contribution >= 4 is 17.5 Å². The minimum absolute atomic E-state index is 0.0897. The van der Waals surface area contributed by atoms with Gasteiger partial charge in [-0.05, 0) is 43.2 Å². The van der Waals surface area contributed by atoms with Gasteiger partial charge in [-0.25, -0.2) is 4.39 Å². The van der Waals surface area contributed by atoms with Crippen LogP contribution in [0.5, 0.6) is 5.75 Å². The largest absolute Gasteiger partial charge is 0.497 e. The summed E-state index contributed by atoms with van der Waals surface area (Å²) in [5, 5.41) is 5.07. The minimum atomic E-state index is -0.761. The maximum atomic E-state index is 13.5. The van der Waals surface area contributed by atoms with Crippen LogP contribution in [0.4, 0.5) is 10.1 Å². The molecule has 0 fully saturated rings. The molecule has 2 rings (SSSR count). The van der Waals surface area contributed by atoms with Gasteiger partial charge in [0, 0.05) is 6.42 Å². The van der Waals surface area contributed by atoms with Gasteiger partial charge < -0.3 is 15.4 Å². The van der Waals surface area contributed by atoms with Crippen molar-refractivity contribution < 1.29 is 18.7 Å². The lowest BCUT2D eigenvalue weighted by Gasteiger charge is -2.14. The maximum absolute atomic E-state index is 13.5. The molecule has 5 nitrogen and oxygen atoms in total. The highest BCUT2D eigenvalue weighted by atomic mass is 19.1. The van der Waals surface area contributed by atoms with Gasteiger partial charge in [-0.1, -0.05) is 24.3 Å². The quantitative estimate of drug-likeness (QED) is 0.811. The molecule has 25 heavy (non-hydrogen) atoms. The molecule has 0 aliphatic heterocycles. The standard InChI is InChI=1S/C19H21FN2O3/c1-13(19(24)22-17-6-4-3-5-16(17)20)21-18(23)12-9-14-7-10-15(25-2)11-8-14/h3-8,10-11,13H,9,12H2,1-2H3,(H,21,23)(H,22,24). The molecule has 0 bridgehead atoms. The number of hydrogen-bond acceptors (Lipinski definition) is 3. The van der Waals surface area contributed by atoms with Gasteiger partial charge in [0.25, 0.3) is 0 Å². The molecule has 132 valence electrons. The summed E-state index contributed by atoms with van der Waals surface area (Å²) >= 11 is 0. The average Bonchev–Trinajstić information content (AvgIpc) is 2.62. The zero-order chi connectivity index (χ0) is 18.2. The van der Waals surface area contributed by atoms with Gasteiger partial charge >= 0.3 is 0 Å². The lowest BCUT2D eigenvalue weighted by Crippen LogP contribution is -2.41. The van der Waals surface area contributed by atoms with Crippen molar-refractivity contribution in [3.8, 4) is 5.75 Å². The number of rotatable bonds is 7. The second-order valence-electron chi connectivity index (χ2n) is 5.61. The highest BCUT2D eigenvalue weighted by molar-refractivity contribution is 5.96. The molecule has 2 aromatic carbocycles. The van der Waals surface area contributed by atoms with Crippen LogP contribution in [0.3, 0.4) is 0 Å². The molecule has 1 unspecified atom stereocenters. The summed E-state index contributed by atoms with van der Waals surface area (Å²) in [5.41, 5.74) is 1.09. The molecular weight excluding hydrogens is 323 g/mol. The van der Waals surface area contributed by atoms with Gasteiger partial charge in [-0.3, -0.25) is 9.59 Å². The second kappa shape index (κ2) is 8.82. The van der Waals surface area contributed by atoms with E-state index in [1.54, 1.807) is 20.1 Å². The summed E-state index contributed by atoms with van der Waals surface area (Å²) in [4.78, 5) is 24.0. The number of methoxy groups -OCH3 is 1. The lowest BCUT2D eigenvalue weighted by atomic mass is 10.1. The summed E-state index contributed by atoms with van der Waals surface area (Å²) in [7, 11) is 1.59. The van der Waals surface area contributed by atoms with E-state index in [0.29, 0.717) is 6.42 Å². The number of carbonyl (C=O) groups excluding carboxylic acids is 2. The number of amides is 2. The van der Waals surface area contributed by atoms with Crippen LogP contribution in [0.25, 0.3) is 0 Å². The van der Waals surface area contributed by atoms with Gasteiger partial charge in [-0.2, -0.15) is 0 Å². The first-order chi connectivity index (χ1) is 12.0. The van der Waals surface area contributed by atoms with Gasteiger partial charge in [0.2, 0.25) is 11.8 Å². The monoisotopic (exact) mass is 344 g/mol. The third-order valence-corrected chi connectivity index (χ3v) is 3.70. The van der Waals surface area contributed by atoms with Crippen LogP contribution in [0.1, 0.15) is 18.9 Å². The van der Waals surface area contributed by atoms with E-state index in [9.17, 15) is 14.0 Å². The van der Waals surface area contributed by atoms with Gasteiger partial charge in [0.1, 0.15) is 17.6 Å². The molecule has 0 saturated heterocycles. The Balaban J connectivity index is 1.80. The predicted octanol–water partition coefficient (Wildman–Crippen LogP) is 2.91. The number of halogens is 1. The highest BCUT2D eigenvalue weighted by Gasteiger charge is 2.16. The van der Waals surface area contributed by atoms with E-state index < -0.39 is 17.8 Å². The molecule has 2 aromatic rings. The Morgan fingerprint density at radius 2 is 1.80 bits per heavy atom. The van der Waals surface area contributed by atoms with Crippen molar-refractivity contribution in [3.63, 3.8) is 0 Å². The van der Waals surface area contributed by atoms with E-state index in [1.807, 2.05) is 24.3 Å². The van der Waals surface area contributed by atoms with Crippen LogP contribution < -0.4 is 15.4 Å². The number of carbonyl (C=O) groups is 2. The molecule has 0 saturated carbocycles. The van der Waals surface area contributed by atoms with E-state index in [0.717, 1.165) is 11.3 Å². The van der Waals surface area contributed by atoms with Gasteiger partial charge in [0.15, 0.2) is 0 Å². The summed E-state index contributed by atoms with van der Waals surface area (Å²) in [5.74, 6) is -0.476. The fraction of sp³-hybridized carbons (Fsp3) is 0.263. The number of aryl methyl sites for hydroxylation is 1. The third-order valence-electron chi connectivity index (χ3n) is 3.70. The van der Waals surface area contributed by atoms with Crippen LogP contribution in [-0.2, 0) is 16.0 Å². The van der Waals surface area contributed by atoms with Crippen LogP contribution in [-0.4, -0.2) is 25.0 Å². The van der Waals surface area contributed by atoms with Crippen molar-refractivity contribution in [1.29, 1.82) is 0 Å². The molecule has 0 aliphatic rings. The van der Waals surface area contributed by atoms with E-state index in [-0.39, 0.29) is 18.0 Å². The Kier molecular flexibility index (Phi) is 6.51. The van der Waals surface area contributed by atoms with Gasteiger partial charge in [-0.15, -0.1) is 0 Å². The fourth-order valence-corrected chi connectivity index (χ4v) is 2.23. The number of hydrogen-bond donors (Lipinski definition) is 2. The second-order valence-corrected chi connectivity index (χ2v) is 5.61. The SMILES string of the molecule is COc1ccc(CCC(=O)NC(C)C(=O)Nc2ccccc2F)cc1. The van der Waals surface area contributed by atoms with E-state index >= 15 is 0 Å². The molecular formula is C19H21FN2O3. The molecule has 6 heteroatoms. The lowest BCUT2D eigenvalue weighted by molar-refractivity contribution is -0.126. The molecule has 0 radical (unpaired) electrons. The Labute approximate surface area is 146 Å². The third kappa shape index (κ3) is 5.60. The molecule has 0 aliphatic carbocycles. The maximum Gasteiger partial charge on any atom is 0.246 e. The predicted molar refractivity (Wildman–Crippen MR) is 93.9 cm³/mol. The smallest absolute Gasteiger partial charge is 0.246 e. The summed E-state index contributed by atoms with van der Waals surface area (Å²) in [6, 6.07) is 12.6. The van der Waals surface area contributed by atoms with Crippen LogP contribution in [0.15, 0.2) is 48.5 Å². The fourth-order valence-electron chi connectivity index (χ4n) is 2.23. The summed E-state index contributed by atoms with van der Waals surface area (Å²) < 4.78 is 18.6. The van der Waals surface area contributed by atoms with Crippen LogP contribution in [0, 0.1) is 5.82 Å². The van der Waals surface area contributed by atoms with Crippen LogP contribution in [0.2, 0.25) is 0 Å². The first kappa shape index (κ1) is 18.4. The first-order valence-electron chi connectivity index (χ1n) is 7.97. The normalized spacial score (nSPS) is 11.5. The Morgan fingerprint density at radius 1 is 1.12 bits per heavy atom. The van der Waals surface area contributed by atoms with E-state index in [4.69, 9.17) is 4.74 Å². The zero-order valence-corrected chi connectivity index (χ0v) is 14.2. The molecule has 2 amide bonds. The van der Waals surface area contributed by atoms with E-state index in [1.165, 1.54) is 18.2 Å². The number of para-hydroxylation sites is 1.